The Morgan fingerprint density at radius 3 is 2.50 bits per heavy atom. The highest BCUT2D eigenvalue weighted by molar-refractivity contribution is 5.89. The van der Waals surface area contributed by atoms with Gasteiger partial charge in [0.2, 0.25) is 0 Å². The molecule has 206 valence electrons. The average Bonchev–Trinajstić information content (AvgIpc) is 2.87. The zero-order valence-corrected chi connectivity index (χ0v) is 23.2. The van der Waals surface area contributed by atoms with Gasteiger partial charge in [0.25, 0.3) is 0 Å². The van der Waals surface area contributed by atoms with Crippen LogP contribution in [-0.2, 0) is 11.3 Å². The van der Waals surface area contributed by atoms with Crippen LogP contribution >= 0.6 is 0 Å². The van der Waals surface area contributed by atoms with Crippen LogP contribution in [0.2, 0.25) is 0 Å². The van der Waals surface area contributed by atoms with Crippen molar-refractivity contribution in [2.45, 2.75) is 60.0 Å². The van der Waals surface area contributed by atoms with Gasteiger partial charge in [-0.3, -0.25) is 0 Å². The number of hydrogen-bond donors (Lipinski definition) is 3. The molecule has 0 bridgehead atoms. The fourth-order valence-electron chi connectivity index (χ4n) is 5.21. The van der Waals surface area contributed by atoms with Crippen LogP contribution in [0.25, 0.3) is 11.4 Å². The molecule has 1 saturated heterocycles. The van der Waals surface area contributed by atoms with Crippen LogP contribution < -0.4 is 15.5 Å². The predicted molar refractivity (Wildman–Crippen MR) is 148 cm³/mol. The molecule has 2 aliphatic heterocycles. The van der Waals surface area contributed by atoms with Gasteiger partial charge in [0.1, 0.15) is 5.82 Å². The lowest BCUT2D eigenvalue weighted by molar-refractivity contribution is 0.0796. The van der Waals surface area contributed by atoms with Crippen LogP contribution in [0.4, 0.5) is 21.1 Å². The minimum atomic E-state index is -0.946. The molecule has 3 N–H and O–H groups in total. The first-order valence-electron chi connectivity index (χ1n) is 13.4. The molecule has 2 atom stereocenters. The van der Waals surface area contributed by atoms with Crippen LogP contribution in [-0.4, -0.2) is 71.0 Å². The lowest BCUT2D eigenvalue weighted by Gasteiger charge is -2.45. The Morgan fingerprint density at radius 2 is 1.89 bits per heavy atom. The molecule has 1 unspecified atom stereocenters. The molecular weight excluding hydrogens is 484 g/mol. The number of rotatable bonds is 5. The lowest BCUT2D eigenvalue weighted by Crippen LogP contribution is -2.50. The first-order chi connectivity index (χ1) is 18.0. The number of urea groups is 1. The normalized spacial score (nSPS) is 19.8. The molecular formula is C28H40N6O4. The smallest absolute Gasteiger partial charge is 0.407 e. The summed E-state index contributed by atoms with van der Waals surface area (Å²) in [6.07, 6.45) is -0.946. The Balaban J connectivity index is 1.84. The predicted octanol–water partition coefficient (Wildman–Crippen LogP) is 4.77. The monoisotopic (exact) mass is 524 g/mol. The number of fused-ring (bicyclic) bond motifs is 1. The van der Waals surface area contributed by atoms with Crippen LogP contribution in [0, 0.1) is 11.3 Å². The number of carboxylic acid groups (broad SMARTS) is 1. The summed E-state index contributed by atoms with van der Waals surface area (Å²) in [4.78, 5) is 37.9. The van der Waals surface area contributed by atoms with Crippen LogP contribution in [0.1, 0.15) is 58.7 Å². The third-order valence-corrected chi connectivity index (χ3v) is 7.36. The minimum Gasteiger partial charge on any atom is -0.465 e. The van der Waals surface area contributed by atoms with Crippen molar-refractivity contribution >= 4 is 23.6 Å². The number of nitrogens with one attached hydrogen (secondary N) is 2. The number of ether oxygens (including phenoxy) is 1. The van der Waals surface area contributed by atoms with Gasteiger partial charge in [-0.05, 0) is 42.5 Å². The van der Waals surface area contributed by atoms with Gasteiger partial charge in [0, 0.05) is 42.4 Å². The topological polar surface area (TPSA) is 120 Å². The number of anilines is 2. The van der Waals surface area contributed by atoms with Crippen LogP contribution in [0.3, 0.4) is 0 Å². The number of aromatic nitrogens is 2. The molecule has 0 saturated carbocycles. The summed E-state index contributed by atoms with van der Waals surface area (Å²) in [6, 6.07) is 7.29. The molecule has 0 spiro atoms. The maximum absolute atomic E-state index is 12.1. The molecule has 1 aromatic heterocycles. The maximum Gasteiger partial charge on any atom is 0.407 e. The first-order valence-corrected chi connectivity index (χ1v) is 13.4. The van der Waals surface area contributed by atoms with Crippen LogP contribution in [0.15, 0.2) is 24.3 Å². The molecule has 1 aromatic carbocycles. The standard InChI is InChI=1S/C28H40N6O4/c1-7-29-26(35)30-19-10-8-18(9-11-19)24-31-21-15-33(27(36)37)14-20(28(4,5)6)23(21)25(32-24)34-12-13-38-16-22(34)17(2)3/h8-11,17,20,22H,7,12-16H2,1-6H3,(H,36,37)(H2,29,30,35)/t20-,22?/m1/s1. The van der Waals surface area contributed by atoms with E-state index in [9.17, 15) is 14.7 Å². The summed E-state index contributed by atoms with van der Waals surface area (Å²) < 4.78 is 5.85. The highest BCUT2D eigenvalue weighted by Gasteiger charge is 2.41. The Kier molecular flexibility index (Phi) is 8.10. The van der Waals surface area contributed by atoms with Gasteiger partial charge in [0.05, 0.1) is 31.5 Å². The van der Waals surface area contributed by atoms with Gasteiger partial charge in [-0.2, -0.15) is 0 Å². The fourth-order valence-corrected chi connectivity index (χ4v) is 5.21. The maximum atomic E-state index is 12.1. The number of benzene rings is 1. The van der Waals surface area contributed by atoms with Crippen molar-refractivity contribution in [2.24, 2.45) is 11.3 Å². The molecule has 38 heavy (non-hydrogen) atoms. The van der Waals surface area contributed by atoms with Crippen molar-refractivity contribution in [3.63, 3.8) is 0 Å². The molecule has 2 aliphatic rings. The third kappa shape index (κ3) is 5.85. The zero-order valence-electron chi connectivity index (χ0n) is 23.2. The molecule has 10 heteroatoms. The molecule has 3 heterocycles. The largest absolute Gasteiger partial charge is 0.465 e. The zero-order chi connectivity index (χ0) is 27.6. The van der Waals surface area contributed by atoms with E-state index >= 15 is 0 Å². The van der Waals surface area contributed by atoms with Crippen molar-refractivity contribution < 1.29 is 19.4 Å². The SMILES string of the molecule is CCNC(=O)Nc1ccc(-c2nc3c(c(N4CCOCC4C(C)C)n2)[C@H](C(C)(C)C)CN(C(=O)O)C3)cc1. The number of hydrogen-bond acceptors (Lipinski definition) is 6. The van der Waals surface area contributed by atoms with E-state index in [1.807, 2.05) is 31.2 Å². The fraction of sp³-hybridized carbons (Fsp3) is 0.571. The quantitative estimate of drug-likeness (QED) is 0.515. The third-order valence-electron chi connectivity index (χ3n) is 7.36. The minimum absolute atomic E-state index is 0.0642. The molecule has 3 amide bonds. The highest BCUT2D eigenvalue weighted by Crippen LogP contribution is 2.45. The summed E-state index contributed by atoms with van der Waals surface area (Å²) in [5.74, 6) is 1.69. The molecule has 10 nitrogen and oxygen atoms in total. The lowest BCUT2D eigenvalue weighted by atomic mass is 9.73. The Labute approximate surface area is 224 Å². The first kappa shape index (κ1) is 27.6. The Morgan fingerprint density at radius 1 is 1.18 bits per heavy atom. The highest BCUT2D eigenvalue weighted by atomic mass is 16.5. The molecule has 2 aromatic rings. The number of carbonyl (C=O) groups is 2. The summed E-state index contributed by atoms with van der Waals surface area (Å²) in [6.45, 7) is 15.8. The summed E-state index contributed by atoms with van der Waals surface area (Å²) in [5, 5.41) is 15.4. The van der Waals surface area contributed by atoms with Gasteiger partial charge in [-0.25, -0.2) is 19.6 Å². The van der Waals surface area contributed by atoms with Gasteiger partial charge in [-0.1, -0.05) is 34.6 Å². The van der Waals surface area contributed by atoms with Gasteiger partial charge in [0.15, 0.2) is 5.82 Å². The van der Waals surface area contributed by atoms with E-state index in [1.54, 1.807) is 0 Å². The van der Waals surface area contributed by atoms with Crippen molar-refractivity contribution in [1.82, 2.24) is 20.2 Å². The van der Waals surface area contributed by atoms with E-state index in [0.717, 1.165) is 22.6 Å². The van der Waals surface area contributed by atoms with Crippen molar-refractivity contribution in [2.75, 3.05) is 43.1 Å². The van der Waals surface area contributed by atoms with Gasteiger partial charge < -0.3 is 30.3 Å². The van der Waals surface area contributed by atoms with E-state index in [4.69, 9.17) is 14.7 Å². The second-order valence-electron chi connectivity index (χ2n) is 11.5. The van der Waals surface area contributed by atoms with E-state index < -0.39 is 6.09 Å². The number of morpholine rings is 1. The Bertz CT molecular complexity index is 1160. The van der Waals surface area contributed by atoms with E-state index in [0.29, 0.717) is 50.3 Å². The van der Waals surface area contributed by atoms with Gasteiger partial charge >= 0.3 is 12.1 Å². The summed E-state index contributed by atoms with van der Waals surface area (Å²) in [7, 11) is 0. The summed E-state index contributed by atoms with van der Waals surface area (Å²) in [5.41, 5.74) is 3.05. The molecule has 1 fully saturated rings. The van der Waals surface area contributed by atoms with Crippen molar-refractivity contribution in [1.29, 1.82) is 0 Å². The number of carbonyl (C=O) groups excluding carboxylic acids is 1. The second kappa shape index (κ2) is 11.1. The van der Waals surface area contributed by atoms with Crippen molar-refractivity contribution in [3.05, 3.63) is 35.5 Å². The van der Waals surface area contributed by atoms with Gasteiger partial charge in [-0.15, -0.1) is 0 Å². The molecule has 0 radical (unpaired) electrons. The van der Waals surface area contributed by atoms with E-state index in [-0.39, 0.29) is 30.0 Å². The second-order valence-corrected chi connectivity index (χ2v) is 11.5. The Hall–Kier alpha value is -3.40. The number of amides is 3. The van der Waals surface area contributed by atoms with Crippen LogP contribution in [0.5, 0.6) is 0 Å². The van der Waals surface area contributed by atoms with E-state index in [2.05, 4.69) is 50.2 Å². The number of nitrogens with zero attached hydrogens (tertiary/aromatic N) is 4. The van der Waals surface area contributed by atoms with E-state index in [1.165, 1.54) is 4.90 Å². The molecule has 0 aliphatic carbocycles. The summed E-state index contributed by atoms with van der Waals surface area (Å²) >= 11 is 0. The molecule has 4 rings (SSSR count). The van der Waals surface area contributed by atoms with Crippen molar-refractivity contribution in [3.8, 4) is 11.4 Å². The average molecular weight is 525 g/mol.